The van der Waals surface area contributed by atoms with Gasteiger partial charge in [-0.2, -0.15) is 0 Å². The van der Waals surface area contributed by atoms with Crippen molar-refractivity contribution in [1.82, 2.24) is 4.98 Å². The van der Waals surface area contributed by atoms with Gasteiger partial charge in [-0.05, 0) is 26.0 Å². The highest BCUT2D eigenvalue weighted by Crippen LogP contribution is 2.39. The summed E-state index contributed by atoms with van der Waals surface area (Å²) in [6.45, 7) is 4.39. The predicted octanol–water partition coefficient (Wildman–Crippen LogP) is 3.26. The molecule has 4 rings (SSSR count). The summed E-state index contributed by atoms with van der Waals surface area (Å²) >= 11 is 1.50. The van der Waals surface area contributed by atoms with E-state index in [-0.39, 0.29) is 24.9 Å². The number of ether oxygens (including phenoxy) is 2. The monoisotopic (exact) mass is 329 g/mol. The van der Waals surface area contributed by atoms with E-state index in [0.29, 0.717) is 22.1 Å². The number of anilines is 1. The van der Waals surface area contributed by atoms with E-state index < -0.39 is 0 Å². The Morgan fingerprint density at radius 2 is 2.04 bits per heavy atom. The van der Waals surface area contributed by atoms with Crippen LogP contribution in [0.1, 0.15) is 15.6 Å². The number of hydrogen-bond acceptors (Lipinski definition) is 6. The summed E-state index contributed by atoms with van der Waals surface area (Å²) in [7, 11) is 0. The Bertz CT molecular complexity index is 837. The van der Waals surface area contributed by atoms with E-state index in [4.69, 9.17) is 14.9 Å². The van der Waals surface area contributed by atoms with Gasteiger partial charge < -0.3 is 19.5 Å². The van der Waals surface area contributed by atoms with Gasteiger partial charge in [0.15, 0.2) is 11.5 Å². The standard InChI is InChI=1S/C16H15N3O3S/c1-8-9(2)23-16(18-8)14-11(20)6-19(15(14)17)10-3-4-12-13(5-10)22-7-21-12/h3-5,17,20H,6-7H2,1-2H3. The molecule has 0 unspecified atom stereocenters. The first-order valence-electron chi connectivity index (χ1n) is 7.17. The second-order valence-electron chi connectivity index (χ2n) is 5.45. The van der Waals surface area contributed by atoms with Gasteiger partial charge in [-0.1, -0.05) is 0 Å². The minimum atomic E-state index is 0.168. The number of aliphatic hydroxyl groups excluding tert-OH is 1. The Morgan fingerprint density at radius 3 is 2.78 bits per heavy atom. The number of thiazole rings is 1. The number of benzene rings is 1. The fourth-order valence-corrected chi connectivity index (χ4v) is 3.64. The number of hydrogen-bond donors (Lipinski definition) is 2. The molecule has 0 bridgehead atoms. The van der Waals surface area contributed by atoms with Crippen LogP contribution in [-0.4, -0.2) is 29.3 Å². The van der Waals surface area contributed by atoms with Gasteiger partial charge in [-0.25, -0.2) is 4.98 Å². The summed E-state index contributed by atoms with van der Waals surface area (Å²) in [5, 5.41) is 19.5. The lowest BCUT2D eigenvalue weighted by Gasteiger charge is -2.18. The van der Waals surface area contributed by atoms with Crippen LogP contribution in [0.4, 0.5) is 5.69 Å². The fraction of sp³-hybridized carbons (Fsp3) is 0.250. The summed E-state index contributed by atoms with van der Waals surface area (Å²) in [4.78, 5) is 7.29. The Labute approximate surface area is 137 Å². The first kappa shape index (κ1) is 14.1. The quantitative estimate of drug-likeness (QED) is 0.884. The van der Waals surface area contributed by atoms with E-state index in [2.05, 4.69) is 4.98 Å². The largest absolute Gasteiger partial charge is 0.510 e. The average molecular weight is 329 g/mol. The summed E-state index contributed by atoms with van der Waals surface area (Å²) in [6.07, 6.45) is 0. The van der Waals surface area contributed by atoms with Crippen molar-refractivity contribution in [3.63, 3.8) is 0 Å². The Balaban J connectivity index is 1.68. The Morgan fingerprint density at radius 1 is 1.26 bits per heavy atom. The molecule has 0 spiro atoms. The molecule has 3 heterocycles. The second kappa shape index (κ2) is 4.99. The molecule has 2 N–H and O–H groups in total. The van der Waals surface area contributed by atoms with Gasteiger partial charge in [0.2, 0.25) is 6.79 Å². The number of aliphatic hydroxyl groups is 1. The third-order valence-corrected chi connectivity index (χ3v) is 5.10. The molecule has 0 saturated heterocycles. The molecule has 6 nitrogen and oxygen atoms in total. The summed E-state index contributed by atoms with van der Waals surface area (Å²) < 4.78 is 10.7. The van der Waals surface area contributed by atoms with Crippen LogP contribution in [0.5, 0.6) is 11.5 Å². The highest BCUT2D eigenvalue weighted by Gasteiger charge is 2.32. The van der Waals surface area contributed by atoms with Gasteiger partial charge in [0, 0.05) is 16.6 Å². The third kappa shape index (κ3) is 2.16. The van der Waals surface area contributed by atoms with Crippen LogP contribution in [0.15, 0.2) is 24.0 Å². The molecule has 0 saturated carbocycles. The predicted molar refractivity (Wildman–Crippen MR) is 88.8 cm³/mol. The molecule has 118 valence electrons. The number of nitrogens with zero attached hydrogens (tertiary/aromatic N) is 2. The van der Waals surface area contributed by atoms with Crippen LogP contribution in [0.2, 0.25) is 0 Å². The van der Waals surface area contributed by atoms with Crippen LogP contribution in [0.3, 0.4) is 0 Å². The van der Waals surface area contributed by atoms with Gasteiger partial charge in [0.1, 0.15) is 16.6 Å². The van der Waals surface area contributed by atoms with Crippen molar-refractivity contribution >= 4 is 28.4 Å². The summed E-state index contributed by atoms with van der Waals surface area (Å²) in [6, 6.07) is 5.50. The van der Waals surface area contributed by atoms with Crippen molar-refractivity contribution < 1.29 is 14.6 Å². The molecule has 2 aromatic rings. The highest BCUT2D eigenvalue weighted by molar-refractivity contribution is 7.13. The van der Waals surface area contributed by atoms with E-state index in [1.807, 2.05) is 32.0 Å². The number of nitrogens with one attached hydrogen (secondary N) is 1. The second-order valence-corrected chi connectivity index (χ2v) is 6.66. The minimum absolute atomic E-state index is 0.168. The lowest BCUT2D eigenvalue weighted by atomic mass is 10.2. The lowest BCUT2D eigenvalue weighted by Crippen LogP contribution is -2.25. The molecule has 7 heteroatoms. The maximum absolute atomic E-state index is 10.3. The SMILES string of the molecule is Cc1nc(C2=C(O)CN(c3ccc4c(c3)OCO4)C2=N)sc1C. The van der Waals surface area contributed by atoms with Gasteiger partial charge in [-0.3, -0.25) is 5.41 Å². The first-order valence-corrected chi connectivity index (χ1v) is 7.99. The number of aryl methyl sites for hydroxylation is 2. The van der Waals surface area contributed by atoms with E-state index in [0.717, 1.165) is 16.3 Å². The Hall–Kier alpha value is -2.54. The molecule has 0 aliphatic carbocycles. The summed E-state index contributed by atoms with van der Waals surface area (Å²) in [5.41, 5.74) is 2.22. The van der Waals surface area contributed by atoms with Crippen molar-refractivity contribution in [3.8, 4) is 11.5 Å². The molecular formula is C16H15N3O3S. The molecule has 0 fully saturated rings. The van der Waals surface area contributed by atoms with E-state index in [9.17, 15) is 5.11 Å². The van der Waals surface area contributed by atoms with Crippen LogP contribution in [0.25, 0.3) is 5.57 Å². The van der Waals surface area contributed by atoms with Crippen molar-refractivity contribution in [2.45, 2.75) is 13.8 Å². The normalized spacial score (nSPS) is 16.6. The molecule has 2 aliphatic rings. The topological polar surface area (TPSA) is 78.7 Å². The maximum Gasteiger partial charge on any atom is 0.231 e. The van der Waals surface area contributed by atoms with Crippen LogP contribution >= 0.6 is 11.3 Å². The third-order valence-electron chi connectivity index (χ3n) is 4.01. The molecule has 0 radical (unpaired) electrons. The lowest BCUT2D eigenvalue weighted by molar-refractivity contribution is 0.174. The van der Waals surface area contributed by atoms with Crippen LogP contribution in [0, 0.1) is 19.3 Å². The van der Waals surface area contributed by atoms with Crippen molar-refractivity contribution in [3.05, 3.63) is 39.5 Å². The number of aromatic nitrogens is 1. The molecule has 0 amide bonds. The van der Waals surface area contributed by atoms with Gasteiger partial charge in [0.25, 0.3) is 0 Å². The van der Waals surface area contributed by atoms with Crippen molar-refractivity contribution in [2.75, 3.05) is 18.2 Å². The fourth-order valence-electron chi connectivity index (χ4n) is 2.66. The van der Waals surface area contributed by atoms with Gasteiger partial charge in [-0.15, -0.1) is 11.3 Å². The Kier molecular flexibility index (Phi) is 3.05. The summed E-state index contributed by atoms with van der Waals surface area (Å²) in [5.74, 6) is 1.77. The molecule has 1 aromatic carbocycles. The zero-order valence-corrected chi connectivity index (χ0v) is 13.5. The molecule has 1 aromatic heterocycles. The molecule has 2 aliphatic heterocycles. The maximum atomic E-state index is 10.3. The number of fused-ring (bicyclic) bond motifs is 1. The number of rotatable bonds is 2. The van der Waals surface area contributed by atoms with Gasteiger partial charge in [0.05, 0.1) is 17.8 Å². The average Bonchev–Trinajstić information content (AvgIpc) is 3.18. The van der Waals surface area contributed by atoms with Crippen molar-refractivity contribution in [2.24, 2.45) is 0 Å². The van der Waals surface area contributed by atoms with E-state index >= 15 is 0 Å². The zero-order chi connectivity index (χ0) is 16.1. The van der Waals surface area contributed by atoms with E-state index in [1.165, 1.54) is 11.3 Å². The van der Waals surface area contributed by atoms with Crippen LogP contribution < -0.4 is 14.4 Å². The minimum Gasteiger partial charge on any atom is -0.510 e. The molecular weight excluding hydrogens is 314 g/mol. The van der Waals surface area contributed by atoms with E-state index in [1.54, 1.807) is 4.90 Å². The zero-order valence-electron chi connectivity index (χ0n) is 12.7. The smallest absolute Gasteiger partial charge is 0.231 e. The van der Waals surface area contributed by atoms with Crippen LogP contribution in [-0.2, 0) is 0 Å². The molecule has 23 heavy (non-hydrogen) atoms. The van der Waals surface area contributed by atoms with Crippen molar-refractivity contribution in [1.29, 1.82) is 5.41 Å². The van der Waals surface area contributed by atoms with Gasteiger partial charge >= 0.3 is 0 Å². The molecule has 0 atom stereocenters. The highest BCUT2D eigenvalue weighted by atomic mass is 32.1. The first-order chi connectivity index (χ1) is 11.0. The number of amidine groups is 1.